The van der Waals surface area contributed by atoms with Crippen LogP contribution in [0.2, 0.25) is 0 Å². The van der Waals surface area contributed by atoms with Crippen molar-refractivity contribution in [3.63, 3.8) is 0 Å². The van der Waals surface area contributed by atoms with Crippen LogP contribution in [-0.4, -0.2) is 5.54 Å². The van der Waals surface area contributed by atoms with E-state index in [0.717, 1.165) is 10.2 Å². The fraction of sp³-hybridized carbons (Fsp3) is 0.400. The molecule has 0 unspecified atom stereocenters. The maximum absolute atomic E-state index is 3.40. The molecule has 0 bridgehead atoms. The molecule has 0 aliphatic heterocycles. The van der Waals surface area contributed by atoms with Crippen LogP contribution in [0.1, 0.15) is 20.8 Å². The van der Waals surface area contributed by atoms with E-state index in [0.29, 0.717) is 0 Å². The molecule has 0 saturated carbocycles. The number of benzene rings is 1. The third kappa shape index (κ3) is 3.26. The summed E-state index contributed by atoms with van der Waals surface area (Å²) in [5.41, 5.74) is 1.29. The van der Waals surface area contributed by atoms with E-state index in [2.05, 4.69) is 54.2 Å². The van der Waals surface area contributed by atoms with Gasteiger partial charge in [-0.3, -0.25) is 0 Å². The molecule has 1 nitrogen and oxygen atoms in total. The van der Waals surface area contributed by atoms with Gasteiger partial charge in [0.05, 0.1) is 0 Å². The van der Waals surface area contributed by atoms with Crippen LogP contribution < -0.4 is 5.32 Å². The van der Waals surface area contributed by atoms with Gasteiger partial charge < -0.3 is 5.32 Å². The van der Waals surface area contributed by atoms with Gasteiger partial charge in [0.15, 0.2) is 0 Å². The molecule has 0 radical (unpaired) electrons. The Morgan fingerprint density at radius 1 is 1.08 bits per heavy atom. The molecule has 0 saturated heterocycles. The summed E-state index contributed by atoms with van der Waals surface area (Å²) in [7, 11) is 0. The van der Waals surface area contributed by atoms with Crippen molar-refractivity contribution in [3.8, 4) is 0 Å². The first kappa shape index (κ1) is 9.59. The third-order valence-electron chi connectivity index (χ3n) is 1.36. The molecule has 1 aromatic carbocycles. The van der Waals surface area contributed by atoms with E-state index in [1.807, 2.05) is 12.1 Å². The van der Waals surface area contributed by atoms with Gasteiger partial charge in [-0.15, -0.1) is 0 Å². The molecule has 1 rings (SSSR count). The van der Waals surface area contributed by atoms with Crippen molar-refractivity contribution in [2.45, 2.75) is 26.3 Å². The normalized spacial score (nSPS) is 11.3. The lowest BCUT2D eigenvalue weighted by Crippen LogP contribution is -2.25. The summed E-state index contributed by atoms with van der Waals surface area (Å²) in [5, 5.41) is 3.39. The first-order valence-corrected chi connectivity index (χ1v) is 4.80. The average Bonchev–Trinajstić information content (AvgIpc) is 1.91. The summed E-state index contributed by atoms with van der Waals surface area (Å²) in [5.74, 6) is 0. The van der Waals surface area contributed by atoms with E-state index in [4.69, 9.17) is 0 Å². The number of anilines is 1. The van der Waals surface area contributed by atoms with Gasteiger partial charge >= 0.3 is 0 Å². The number of halogens is 1. The molecule has 2 heteroatoms. The van der Waals surface area contributed by atoms with Crippen molar-refractivity contribution in [3.05, 3.63) is 28.7 Å². The Balaban J connectivity index is 2.71. The average molecular weight is 228 g/mol. The maximum atomic E-state index is 3.40. The molecular formula is C10H14BrN. The largest absolute Gasteiger partial charge is 0.380 e. The highest BCUT2D eigenvalue weighted by Gasteiger charge is 2.08. The van der Waals surface area contributed by atoms with Gasteiger partial charge in [0.2, 0.25) is 0 Å². The Kier molecular flexibility index (Phi) is 2.78. The second-order valence-electron chi connectivity index (χ2n) is 3.88. The second kappa shape index (κ2) is 3.48. The molecule has 0 aromatic heterocycles. The van der Waals surface area contributed by atoms with Crippen molar-refractivity contribution in [1.29, 1.82) is 0 Å². The zero-order chi connectivity index (χ0) is 9.19. The molecule has 0 atom stereocenters. The Morgan fingerprint density at radius 3 is 2.00 bits per heavy atom. The third-order valence-corrected chi connectivity index (χ3v) is 1.89. The standard InChI is InChI=1S/C10H14BrN/c1-10(2,3)12-9-6-4-8(11)5-7-9/h4-7,12H,1-3H3. The monoisotopic (exact) mass is 227 g/mol. The summed E-state index contributed by atoms with van der Waals surface area (Å²) in [6.07, 6.45) is 0. The van der Waals surface area contributed by atoms with Gasteiger partial charge in [0.1, 0.15) is 0 Å². The molecule has 1 N–H and O–H groups in total. The first-order chi connectivity index (χ1) is 5.47. The smallest absolute Gasteiger partial charge is 0.0344 e. The van der Waals surface area contributed by atoms with Crippen LogP contribution in [0, 0.1) is 0 Å². The number of hydrogen-bond donors (Lipinski definition) is 1. The van der Waals surface area contributed by atoms with E-state index in [-0.39, 0.29) is 5.54 Å². The zero-order valence-corrected chi connectivity index (χ0v) is 9.27. The Bertz CT molecular complexity index is 246. The second-order valence-corrected chi connectivity index (χ2v) is 4.80. The van der Waals surface area contributed by atoms with Gasteiger partial charge in [0.25, 0.3) is 0 Å². The fourth-order valence-electron chi connectivity index (χ4n) is 0.966. The summed E-state index contributed by atoms with van der Waals surface area (Å²) in [6, 6.07) is 8.20. The Labute approximate surface area is 82.3 Å². The van der Waals surface area contributed by atoms with E-state index in [1.54, 1.807) is 0 Å². The fourth-order valence-corrected chi connectivity index (χ4v) is 1.23. The number of hydrogen-bond acceptors (Lipinski definition) is 1. The lowest BCUT2D eigenvalue weighted by Gasteiger charge is -2.21. The van der Waals surface area contributed by atoms with Gasteiger partial charge in [-0.1, -0.05) is 15.9 Å². The van der Waals surface area contributed by atoms with Gasteiger partial charge in [-0.05, 0) is 45.0 Å². The van der Waals surface area contributed by atoms with Crippen molar-refractivity contribution >= 4 is 21.6 Å². The SMILES string of the molecule is CC(C)(C)Nc1ccc(Br)cc1. The molecule has 0 spiro atoms. The van der Waals surface area contributed by atoms with E-state index in [1.165, 1.54) is 0 Å². The van der Waals surface area contributed by atoms with E-state index in [9.17, 15) is 0 Å². The zero-order valence-electron chi connectivity index (χ0n) is 7.69. The quantitative estimate of drug-likeness (QED) is 0.773. The minimum Gasteiger partial charge on any atom is -0.380 e. The molecule has 0 aliphatic rings. The topological polar surface area (TPSA) is 12.0 Å². The van der Waals surface area contributed by atoms with Crippen LogP contribution in [0.15, 0.2) is 28.7 Å². The molecule has 0 heterocycles. The van der Waals surface area contributed by atoms with Crippen LogP contribution in [0.5, 0.6) is 0 Å². The minimum atomic E-state index is 0.133. The van der Waals surface area contributed by atoms with E-state index < -0.39 is 0 Å². The van der Waals surface area contributed by atoms with Crippen LogP contribution in [0.25, 0.3) is 0 Å². The molecule has 66 valence electrons. The van der Waals surface area contributed by atoms with Crippen molar-refractivity contribution in [2.24, 2.45) is 0 Å². The molecule has 1 aromatic rings. The summed E-state index contributed by atoms with van der Waals surface area (Å²) < 4.78 is 1.11. The maximum Gasteiger partial charge on any atom is 0.0344 e. The summed E-state index contributed by atoms with van der Waals surface area (Å²) >= 11 is 3.40. The van der Waals surface area contributed by atoms with Crippen LogP contribution in [0.4, 0.5) is 5.69 Å². The molecule has 0 aliphatic carbocycles. The van der Waals surface area contributed by atoms with Crippen molar-refractivity contribution in [1.82, 2.24) is 0 Å². The van der Waals surface area contributed by atoms with Gasteiger partial charge in [-0.2, -0.15) is 0 Å². The Morgan fingerprint density at radius 2 is 1.58 bits per heavy atom. The molecular weight excluding hydrogens is 214 g/mol. The minimum absolute atomic E-state index is 0.133. The van der Waals surface area contributed by atoms with E-state index >= 15 is 0 Å². The van der Waals surface area contributed by atoms with Crippen LogP contribution in [0.3, 0.4) is 0 Å². The lowest BCUT2D eigenvalue weighted by atomic mass is 10.1. The highest BCUT2D eigenvalue weighted by Crippen LogP contribution is 2.17. The number of nitrogens with one attached hydrogen (secondary N) is 1. The lowest BCUT2D eigenvalue weighted by molar-refractivity contribution is 0.634. The molecule has 0 amide bonds. The Hall–Kier alpha value is -0.500. The van der Waals surface area contributed by atoms with Crippen LogP contribution >= 0.6 is 15.9 Å². The predicted molar refractivity (Wildman–Crippen MR) is 57.5 cm³/mol. The molecule has 12 heavy (non-hydrogen) atoms. The highest BCUT2D eigenvalue weighted by molar-refractivity contribution is 9.10. The van der Waals surface area contributed by atoms with Gasteiger partial charge in [-0.25, -0.2) is 0 Å². The predicted octanol–water partition coefficient (Wildman–Crippen LogP) is 3.66. The van der Waals surface area contributed by atoms with Crippen molar-refractivity contribution in [2.75, 3.05) is 5.32 Å². The van der Waals surface area contributed by atoms with Gasteiger partial charge in [0, 0.05) is 15.7 Å². The number of rotatable bonds is 1. The molecule has 0 fully saturated rings. The first-order valence-electron chi connectivity index (χ1n) is 4.01. The van der Waals surface area contributed by atoms with Crippen LogP contribution in [-0.2, 0) is 0 Å². The summed E-state index contributed by atoms with van der Waals surface area (Å²) in [6.45, 7) is 6.44. The highest BCUT2D eigenvalue weighted by atomic mass is 79.9. The summed E-state index contributed by atoms with van der Waals surface area (Å²) in [4.78, 5) is 0. The van der Waals surface area contributed by atoms with Crippen molar-refractivity contribution < 1.29 is 0 Å².